The molecule has 12 heteroatoms. The predicted molar refractivity (Wildman–Crippen MR) is 107 cm³/mol. The van der Waals surface area contributed by atoms with Crippen LogP contribution < -0.4 is 0 Å². The summed E-state index contributed by atoms with van der Waals surface area (Å²) >= 11 is 0. The van der Waals surface area contributed by atoms with E-state index in [1.165, 1.54) is 18.2 Å². The Labute approximate surface area is 186 Å². The number of hydrogen-bond acceptors (Lipinski definition) is 5. The third-order valence-electron chi connectivity index (χ3n) is 4.87. The number of rotatable bonds is 3. The van der Waals surface area contributed by atoms with Crippen LogP contribution >= 0.6 is 0 Å². The Morgan fingerprint density at radius 3 is 2.09 bits per heavy atom. The van der Waals surface area contributed by atoms with Crippen molar-refractivity contribution in [2.45, 2.75) is 12.4 Å². The van der Waals surface area contributed by atoms with Gasteiger partial charge in [0.25, 0.3) is 5.89 Å². The van der Waals surface area contributed by atoms with E-state index in [1.54, 1.807) is 30.3 Å². The normalized spacial score (nSPS) is 12.4. The van der Waals surface area contributed by atoms with Gasteiger partial charge in [-0.3, -0.25) is 0 Å². The van der Waals surface area contributed by atoms with Crippen LogP contribution in [0.1, 0.15) is 11.3 Å². The van der Waals surface area contributed by atoms with Gasteiger partial charge in [0.1, 0.15) is 0 Å². The van der Waals surface area contributed by atoms with E-state index in [1.807, 2.05) is 0 Å². The van der Waals surface area contributed by atoms with Gasteiger partial charge in [0.05, 0.1) is 11.3 Å². The lowest BCUT2D eigenvalue weighted by Crippen LogP contribution is -2.13. The molecular formula is C22H11F6N5O. The van der Waals surface area contributed by atoms with Crippen molar-refractivity contribution < 1.29 is 30.8 Å². The average Bonchev–Trinajstić information content (AvgIpc) is 3.45. The summed E-state index contributed by atoms with van der Waals surface area (Å²) in [5.41, 5.74) is -1.66. The number of benzene rings is 2. The van der Waals surface area contributed by atoms with E-state index in [0.29, 0.717) is 10.1 Å². The molecule has 3 heterocycles. The lowest BCUT2D eigenvalue weighted by atomic mass is 10.1. The summed E-state index contributed by atoms with van der Waals surface area (Å²) in [5, 5.41) is 11.4. The standard InChI is InChI=1S/C22H11F6N5O/c23-21(24,25)14-8-4-7-13(9-14)19-30-31-20(34-19)16-11-18-29-15(12-5-2-1-3-6-12)10-17(22(26,27)28)33(18)32-16/h1-11H. The average molecular weight is 475 g/mol. The fourth-order valence-electron chi connectivity index (χ4n) is 3.31. The van der Waals surface area contributed by atoms with Crippen LogP contribution in [0, 0.1) is 0 Å². The van der Waals surface area contributed by atoms with Crippen LogP contribution in [0.5, 0.6) is 0 Å². The topological polar surface area (TPSA) is 69.1 Å². The summed E-state index contributed by atoms with van der Waals surface area (Å²) in [6, 6.07) is 14.6. The second kappa shape index (κ2) is 7.68. The highest BCUT2D eigenvalue weighted by atomic mass is 19.4. The van der Waals surface area contributed by atoms with E-state index in [-0.39, 0.29) is 34.4 Å². The van der Waals surface area contributed by atoms with Gasteiger partial charge in [0.2, 0.25) is 5.89 Å². The Balaban J connectivity index is 1.59. The molecule has 0 radical (unpaired) electrons. The molecule has 0 aliphatic carbocycles. The van der Waals surface area contributed by atoms with E-state index in [4.69, 9.17) is 4.42 Å². The first kappa shape index (κ1) is 21.6. The maximum absolute atomic E-state index is 13.8. The minimum Gasteiger partial charge on any atom is -0.415 e. The third kappa shape index (κ3) is 3.98. The highest BCUT2D eigenvalue weighted by Gasteiger charge is 2.36. The largest absolute Gasteiger partial charge is 0.433 e. The third-order valence-corrected chi connectivity index (χ3v) is 4.87. The number of nitrogens with zero attached hydrogens (tertiary/aromatic N) is 5. The molecule has 34 heavy (non-hydrogen) atoms. The number of alkyl halides is 6. The lowest BCUT2D eigenvalue weighted by molar-refractivity contribution is -0.142. The van der Waals surface area contributed by atoms with Crippen LogP contribution in [-0.2, 0) is 12.4 Å². The number of fused-ring (bicyclic) bond motifs is 1. The quantitative estimate of drug-likeness (QED) is 0.293. The summed E-state index contributed by atoms with van der Waals surface area (Å²) in [6.07, 6.45) is -9.32. The molecule has 0 aliphatic rings. The molecule has 0 bridgehead atoms. The summed E-state index contributed by atoms with van der Waals surface area (Å²) in [4.78, 5) is 4.25. The highest BCUT2D eigenvalue weighted by molar-refractivity contribution is 5.65. The smallest absolute Gasteiger partial charge is 0.415 e. The van der Waals surface area contributed by atoms with Crippen molar-refractivity contribution in [2.75, 3.05) is 0 Å². The van der Waals surface area contributed by atoms with Crippen molar-refractivity contribution in [2.24, 2.45) is 0 Å². The van der Waals surface area contributed by atoms with E-state index >= 15 is 0 Å². The van der Waals surface area contributed by atoms with E-state index in [9.17, 15) is 26.3 Å². The molecule has 172 valence electrons. The van der Waals surface area contributed by atoms with Crippen molar-refractivity contribution >= 4 is 5.65 Å². The van der Waals surface area contributed by atoms with Gasteiger partial charge in [-0.05, 0) is 24.3 Å². The zero-order valence-electron chi connectivity index (χ0n) is 16.8. The molecule has 3 aromatic heterocycles. The van der Waals surface area contributed by atoms with Gasteiger partial charge in [0, 0.05) is 17.2 Å². The molecular weight excluding hydrogens is 464 g/mol. The summed E-state index contributed by atoms with van der Waals surface area (Å²) in [5.74, 6) is -0.514. The van der Waals surface area contributed by atoms with Crippen LogP contribution in [0.2, 0.25) is 0 Å². The molecule has 5 rings (SSSR count). The second-order valence-electron chi connectivity index (χ2n) is 7.18. The first-order valence-corrected chi connectivity index (χ1v) is 9.64. The summed E-state index contributed by atoms with van der Waals surface area (Å²) in [6.45, 7) is 0. The SMILES string of the molecule is FC(F)(F)c1cccc(-c2nnc(-c3cc4nc(-c5ccccc5)cc(C(F)(F)F)n4n3)o2)c1. The minimum absolute atomic E-state index is 0.00203. The maximum Gasteiger partial charge on any atom is 0.433 e. The Morgan fingerprint density at radius 2 is 1.38 bits per heavy atom. The lowest BCUT2D eigenvalue weighted by Gasteiger charge is -2.10. The van der Waals surface area contributed by atoms with Crippen molar-refractivity contribution in [3.8, 4) is 34.3 Å². The highest BCUT2D eigenvalue weighted by Crippen LogP contribution is 2.35. The molecule has 0 atom stereocenters. The number of halogens is 6. The van der Waals surface area contributed by atoms with Crippen LogP contribution in [-0.4, -0.2) is 24.8 Å². The minimum atomic E-state index is -4.74. The van der Waals surface area contributed by atoms with E-state index < -0.39 is 23.6 Å². The van der Waals surface area contributed by atoms with E-state index in [0.717, 1.165) is 18.2 Å². The van der Waals surface area contributed by atoms with E-state index in [2.05, 4.69) is 20.3 Å². The molecule has 0 spiro atoms. The van der Waals surface area contributed by atoms with Crippen molar-refractivity contribution in [3.63, 3.8) is 0 Å². The molecule has 2 aromatic carbocycles. The zero-order chi connectivity index (χ0) is 24.1. The molecule has 0 saturated heterocycles. The molecule has 0 amide bonds. The Bertz CT molecular complexity index is 1490. The molecule has 0 unspecified atom stereocenters. The van der Waals surface area contributed by atoms with Crippen molar-refractivity contribution in [3.05, 3.63) is 78.0 Å². The van der Waals surface area contributed by atoms with Gasteiger partial charge in [-0.15, -0.1) is 10.2 Å². The first-order chi connectivity index (χ1) is 16.1. The predicted octanol–water partition coefficient (Wildman–Crippen LogP) is 6.15. The van der Waals surface area contributed by atoms with Crippen LogP contribution in [0.15, 0.2) is 71.1 Å². The van der Waals surface area contributed by atoms with Crippen LogP contribution in [0.25, 0.3) is 39.9 Å². The summed E-state index contributed by atoms with van der Waals surface area (Å²) in [7, 11) is 0. The molecule has 0 N–H and O–H groups in total. The Morgan fingerprint density at radius 1 is 0.676 bits per heavy atom. The van der Waals surface area contributed by atoms with Gasteiger partial charge in [-0.2, -0.15) is 31.4 Å². The van der Waals surface area contributed by atoms with Gasteiger partial charge >= 0.3 is 12.4 Å². The fourth-order valence-corrected chi connectivity index (χ4v) is 3.31. The molecule has 0 aliphatic heterocycles. The van der Waals surface area contributed by atoms with Crippen LogP contribution in [0.4, 0.5) is 26.3 Å². The monoisotopic (exact) mass is 475 g/mol. The maximum atomic E-state index is 13.8. The van der Waals surface area contributed by atoms with Gasteiger partial charge in [0.15, 0.2) is 17.0 Å². The molecule has 0 fully saturated rings. The second-order valence-corrected chi connectivity index (χ2v) is 7.18. The van der Waals surface area contributed by atoms with Gasteiger partial charge in [-0.25, -0.2) is 9.50 Å². The summed E-state index contributed by atoms with van der Waals surface area (Å²) < 4.78 is 86.2. The number of aromatic nitrogens is 5. The Kier molecular flexibility index (Phi) is 4.88. The molecule has 6 nitrogen and oxygen atoms in total. The Hall–Kier alpha value is -4.22. The fraction of sp³-hybridized carbons (Fsp3) is 0.0909. The van der Waals surface area contributed by atoms with Crippen molar-refractivity contribution in [1.82, 2.24) is 24.8 Å². The number of hydrogen-bond donors (Lipinski definition) is 0. The molecule has 0 saturated carbocycles. The van der Waals surface area contributed by atoms with Gasteiger partial charge < -0.3 is 4.42 Å². The molecule has 5 aromatic rings. The van der Waals surface area contributed by atoms with Crippen LogP contribution in [0.3, 0.4) is 0 Å². The zero-order valence-corrected chi connectivity index (χ0v) is 16.8. The van der Waals surface area contributed by atoms with Gasteiger partial charge in [-0.1, -0.05) is 36.4 Å². The first-order valence-electron chi connectivity index (χ1n) is 9.64. The van der Waals surface area contributed by atoms with Crippen molar-refractivity contribution in [1.29, 1.82) is 0 Å².